The van der Waals surface area contributed by atoms with E-state index in [0.717, 1.165) is 30.6 Å². The number of carbonyl (C=O) groups excluding carboxylic acids is 1. The molecule has 0 aromatic rings. The molecule has 0 bridgehead atoms. The lowest BCUT2D eigenvalue weighted by atomic mass is 9.32. The van der Waals surface area contributed by atoms with Crippen LogP contribution in [0.5, 0.6) is 0 Å². The Morgan fingerprint density at radius 3 is 2.22 bits per heavy atom. The first-order valence-electron chi connectivity index (χ1n) is 13.7. The first kappa shape index (κ1) is 23.1. The molecule has 0 radical (unpaired) electrons. The van der Waals surface area contributed by atoms with Crippen LogP contribution < -0.4 is 0 Å². The van der Waals surface area contributed by atoms with Crippen molar-refractivity contribution in [1.82, 2.24) is 0 Å². The van der Waals surface area contributed by atoms with Crippen molar-refractivity contribution >= 4 is 6.29 Å². The summed E-state index contributed by atoms with van der Waals surface area (Å²) in [5, 5.41) is 10.9. The van der Waals surface area contributed by atoms with Gasteiger partial charge in [0, 0.05) is 0 Å². The number of rotatable bonds is 2. The molecule has 5 aliphatic rings. The van der Waals surface area contributed by atoms with Crippen molar-refractivity contribution in [3.8, 4) is 0 Å². The lowest BCUT2D eigenvalue weighted by Gasteiger charge is -2.72. The molecule has 5 fully saturated rings. The van der Waals surface area contributed by atoms with Gasteiger partial charge in [0.25, 0.3) is 0 Å². The highest BCUT2D eigenvalue weighted by Gasteiger charge is 2.70. The normalized spacial score (nSPS) is 56.3. The molecule has 0 heterocycles. The third-order valence-corrected chi connectivity index (χ3v) is 13.5. The van der Waals surface area contributed by atoms with Crippen LogP contribution in [0.3, 0.4) is 0 Å². The molecule has 5 saturated carbocycles. The monoisotopic (exact) mass is 440 g/mol. The minimum absolute atomic E-state index is 0.0233. The number of aliphatic hydroxyl groups excluding tert-OH is 1. The molecule has 10 atom stereocenters. The van der Waals surface area contributed by atoms with Crippen LogP contribution in [0.2, 0.25) is 0 Å². The van der Waals surface area contributed by atoms with E-state index in [9.17, 15) is 9.90 Å². The Morgan fingerprint density at radius 2 is 1.53 bits per heavy atom. The molecule has 0 saturated heterocycles. The highest BCUT2D eigenvalue weighted by molar-refractivity contribution is 5.73. The molecule has 180 valence electrons. The van der Waals surface area contributed by atoms with Gasteiger partial charge in [-0.3, -0.25) is 4.79 Å². The average Bonchev–Trinajstić information content (AvgIpc) is 3.09. The van der Waals surface area contributed by atoms with Crippen LogP contribution in [0.4, 0.5) is 0 Å². The van der Waals surface area contributed by atoms with Crippen LogP contribution >= 0.6 is 0 Å². The van der Waals surface area contributed by atoms with Crippen molar-refractivity contribution in [3.05, 3.63) is 12.2 Å². The molecule has 0 unspecified atom stereocenters. The number of fused-ring (bicyclic) bond motifs is 7. The Labute approximate surface area is 197 Å². The molecular formula is C30H48O2. The molecule has 0 amide bonds. The summed E-state index contributed by atoms with van der Waals surface area (Å²) >= 11 is 0. The van der Waals surface area contributed by atoms with Gasteiger partial charge in [0.05, 0.1) is 6.10 Å². The van der Waals surface area contributed by atoms with Crippen LogP contribution in [0.15, 0.2) is 12.2 Å². The van der Waals surface area contributed by atoms with E-state index in [4.69, 9.17) is 0 Å². The zero-order valence-electron chi connectivity index (χ0n) is 21.7. The number of aldehydes is 1. The average molecular weight is 441 g/mol. The standard InChI is InChI=1S/C30H48O2/c1-19(18-31)20-10-13-27(4)16-17-29(6)21(25(20)27)8-9-23-28(5)14-12-24(32)26(2,3)22(28)11-15-30(23,29)7/h18,20-25,32H,1,8-17H2,2-7H3/t20-,21+,22-,23-,24-,25+,27+,28+,29+,30+/m0/s1. The zero-order chi connectivity index (χ0) is 23.3. The highest BCUT2D eigenvalue weighted by atomic mass is 16.3. The van der Waals surface area contributed by atoms with E-state index in [-0.39, 0.29) is 11.5 Å². The van der Waals surface area contributed by atoms with Crippen LogP contribution in [0, 0.1) is 56.7 Å². The molecule has 2 nitrogen and oxygen atoms in total. The molecule has 5 rings (SSSR count). The Balaban J connectivity index is 1.54. The fraction of sp³-hybridized carbons (Fsp3) is 0.900. The summed E-state index contributed by atoms with van der Waals surface area (Å²) in [5.41, 5.74) is 2.33. The second-order valence-corrected chi connectivity index (χ2v) is 14.6. The molecule has 0 spiro atoms. The molecule has 0 aromatic carbocycles. The van der Waals surface area contributed by atoms with Gasteiger partial charge in [-0.25, -0.2) is 0 Å². The zero-order valence-corrected chi connectivity index (χ0v) is 21.7. The molecule has 32 heavy (non-hydrogen) atoms. The Hall–Kier alpha value is -0.630. The van der Waals surface area contributed by atoms with Crippen molar-refractivity contribution in [2.75, 3.05) is 0 Å². The predicted molar refractivity (Wildman–Crippen MR) is 131 cm³/mol. The van der Waals surface area contributed by atoms with E-state index >= 15 is 0 Å². The Bertz CT molecular complexity index is 814. The minimum Gasteiger partial charge on any atom is -0.393 e. The van der Waals surface area contributed by atoms with Crippen LogP contribution in [0.25, 0.3) is 0 Å². The summed E-state index contributed by atoms with van der Waals surface area (Å²) in [5.74, 6) is 3.12. The SMILES string of the molecule is C=C(C=O)[C@@H]1CC[C@]2(C)CC[C@]3(C)[C@H](CC[C@H]4[C@]5(C)CC[C@H](O)C(C)(C)[C@@H]5CC[C@]43C)[C@@H]12. The molecular weight excluding hydrogens is 392 g/mol. The van der Waals surface area contributed by atoms with Crippen molar-refractivity contribution in [1.29, 1.82) is 0 Å². The van der Waals surface area contributed by atoms with E-state index in [1.807, 2.05) is 0 Å². The Morgan fingerprint density at radius 1 is 0.812 bits per heavy atom. The largest absolute Gasteiger partial charge is 0.393 e. The maximum absolute atomic E-state index is 11.8. The Kier molecular flexibility index (Phi) is 5.03. The first-order chi connectivity index (χ1) is 14.8. The topological polar surface area (TPSA) is 37.3 Å². The summed E-state index contributed by atoms with van der Waals surface area (Å²) in [4.78, 5) is 11.8. The number of carbonyl (C=O) groups is 1. The summed E-state index contributed by atoms with van der Waals surface area (Å²) in [6, 6.07) is 0. The van der Waals surface area contributed by atoms with Gasteiger partial charge in [-0.15, -0.1) is 0 Å². The maximum atomic E-state index is 11.8. The smallest absolute Gasteiger partial charge is 0.145 e. The van der Waals surface area contributed by atoms with Gasteiger partial charge in [-0.05, 0) is 126 Å². The van der Waals surface area contributed by atoms with Crippen molar-refractivity contribution in [3.63, 3.8) is 0 Å². The molecule has 1 N–H and O–H groups in total. The summed E-state index contributed by atoms with van der Waals surface area (Å²) in [7, 11) is 0. The van der Waals surface area contributed by atoms with Gasteiger partial charge >= 0.3 is 0 Å². The van der Waals surface area contributed by atoms with Crippen molar-refractivity contribution < 1.29 is 9.90 Å². The van der Waals surface area contributed by atoms with Crippen LogP contribution in [0.1, 0.15) is 106 Å². The molecule has 0 aliphatic heterocycles. The molecule has 0 aromatic heterocycles. The number of aliphatic hydroxyl groups is 1. The van der Waals surface area contributed by atoms with Gasteiger partial charge in [0.2, 0.25) is 0 Å². The van der Waals surface area contributed by atoms with E-state index in [1.54, 1.807) is 0 Å². The van der Waals surface area contributed by atoms with E-state index in [2.05, 4.69) is 48.1 Å². The van der Waals surface area contributed by atoms with Crippen LogP contribution in [-0.2, 0) is 4.79 Å². The first-order valence-corrected chi connectivity index (χ1v) is 13.7. The van der Waals surface area contributed by atoms with Gasteiger partial charge in [-0.2, -0.15) is 0 Å². The summed E-state index contributed by atoms with van der Waals surface area (Å²) in [6.45, 7) is 19.4. The fourth-order valence-corrected chi connectivity index (χ4v) is 11.4. The maximum Gasteiger partial charge on any atom is 0.145 e. The van der Waals surface area contributed by atoms with E-state index < -0.39 is 0 Å². The quantitative estimate of drug-likeness (QED) is 0.364. The third-order valence-electron chi connectivity index (χ3n) is 13.5. The van der Waals surface area contributed by atoms with Gasteiger partial charge in [-0.1, -0.05) is 48.1 Å². The second kappa shape index (κ2) is 6.96. The highest BCUT2D eigenvalue weighted by Crippen LogP contribution is 2.77. The summed E-state index contributed by atoms with van der Waals surface area (Å²) in [6.07, 6.45) is 13.4. The third kappa shape index (κ3) is 2.65. The minimum atomic E-state index is -0.152. The van der Waals surface area contributed by atoms with E-state index in [0.29, 0.717) is 45.3 Å². The van der Waals surface area contributed by atoms with Gasteiger partial charge in [0.15, 0.2) is 0 Å². The molecule has 2 heteroatoms. The van der Waals surface area contributed by atoms with Crippen molar-refractivity contribution in [2.45, 2.75) is 112 Å². The number of allylic oxidation sites excluding steroid dienone is 1. The second-order valence-electron chi connectivity index (χ2n) is 14.6. The fourth-order valence-electron chi connectivity index (χ4n) is 11.4. The lowest BCUT2D eigenvalue weighted by molar-refractivity contribution is -0.246. The number of hydrogen-bond acceptors (Lipinski definition) is 2. The lowest BCUT2D eigenvalue weighted by Crippen LogP contribution is -2.66. The van der Waals surface area contributed by atoms with Crippen molar-refractivity contribution in [2.24, 2.45) is 56.7 Å². The van der Waals surface area contributed by atoms with Gasteiger partial charge < -0.3 is 5.11 Å². The van der Waals surface area contributed by atoms with Crippen LogP contribution in [-0.4, -0.2) is 17.5 Å². The van der Waals surface area contributed by atoms with E-state index in [1.165, 1.54) is 51.4 Å². The predicted octanol–water partition coefficient (Wildman–Crippen LogP) is 7.20. The number of hydrogen-bond donors (Lipinski definition) is 1. The van der Waals surface area contributed by atoms with Gasteiger partial charge in [0.1, 0.15) is 6.29 Å². The summed E-state index contributed by atoms with van der Waals surface area (Å²) < 4.78 is 0. The molecule has 5 aliphatic carbocycles.